The summed E-state index contributed by atoms with van der Waals surface area (Å²) in [5, 5.41) is 0. The molecule has 0 spiro atoms. The Hall–Kier alpha value is -2.04. The quantitative estimate of drug-likeness (QED) is 0.715. The average molecular weight is 188 g/mol. The van der Waals surface area contributed by atoms with Crippen LogP contribution in [0.3, 0.4) is 0 Å². The van der Waals surface area contributed by atoms with Crippen molar-refractivity contribution in [2.24, 2.45) is 0 Å². The molecule has 0 radical (unpaired) electrons. The van der Waals surface area contributed by atoms with Crippen molar-refractivity contribution in [2.75, 3.05) is 0 Å². The summed E-state index contributed by atoms with van der Waals surface area (Å²) in [7, 11) is 0. The Morgan fingerprint density at radius 3 is 2.71 bits per heavy atom. The number of aromatic amines is 1. The van der Waals surface area contributed by atoms with Gasteiger partial charge in [0.2, 0.25) is 0 Å². The molecule has 2 rings (SSSR count). The van der Waals surface area contributed by atoms with Gasteiger partial charge in [0.15, 0.2) is 11.6 Å². The number of hydrogen-bond donors (Lipinski definition) is 1. The molecule has 70 valence electrons. The fourth-order valence-corrected chi connectivity index (χ4v) is 1.05. The van der Waals surface area contributed by atoms with E-state index in [0.29, 0.717) is 17.2 Å². The molecule has 0 aliphatic carbocycles. The van der Waals surface area contributed by atoms with Gasteiger partial charge in [-0.15, -0.1) is 0 Å². The highest BCUT2D eigenvalue weighted by atomic mass is 16.1. The Kier molecular flexibility index (Phi) is 2.06. The molecule has 2 aromatic rings. The van der Waals surface area contributed by atoms with E-state index in [1.165, 1.54) is 13.1 Å². The number of H-pyrrole nitrogens is 1. The molecule has 2 heterocycles. The van der Waals surface area contributed by atoms with Gasteiger partial charge in [0.25, 0.3) is 0 Å². The van der Waals surface area contributed by atoms with Gasteiger partial charge in [-0.1, -0.05) is 0 Å². The lowest BCUT2D eigenvalue weighted by Gasteiger charge is -1.92. The Bertz CT molecular complexity index is 449. The van der Waals surface area contributed by atoms with Gasteiger partial charge in [0.05, 0.1) is 12.4 Å². The first-order valence-electron chi connectivity index (χ1n) is 4.09. The van der Waals surface area contributed by atoms with E-state index in [-0.39, 0.29) is 5.78 Å². The maximum Gasteiger partial charge on any atom is 0.177 e. The van der Waals surface area contributed by atoms with Crippen molar-refractivity contribution in [3.8, 4) is 11.5 Å². The number of ketones is 1. The summed E-state index contributed by atoms with van der Waals surface area (Å²) in [6, 6.07) is 0. The number of rotatable bonds is 2. The summed E-state index contributed by atoms with van der Waals surface area (Å²) in [5.41, 5.74) is 1.10. The van der Waals surface area contributed by atoms with E-state index in [9.17, 15) is 4.79 Å². The van der Waals surface area contributed by atoms with Crippen LogP contribution in [-0.4, -0.2) is 25.7 Å². The van der Waals surface area contributed by atoms with Crippen LogP contribution in [0.25, 0.3) is 11.5 Å². The lowest BCUT2D eigenvalue weighted by atomic mass is 10.3. The molecule has 5 nitrogen and oxygen atoms in total. The number of nitrogens with zero attached hydrogens (tertiary/aromatic N) is 3. The molecule has 0 unspecified atom stereocenters. The van der Waals surface area contributed by atoms with E-state index < -0.39 is 0 Å². The van der Waals surface area contributed by atoms with Gasteiger partial charge in [-0.2, -0.15) is 0 Å². The normalized spacial score (nSPS) is 10.1. The molecule has 0 aliphatic heterocycles. The van der Waals surface area contributed by atoms with Crippen molar-refractivity contribution < 1.29 is 4.79 Å². The summed E-state index contributed by atoms with van der Waals surface area (Å²) in [4.78, 5) is 25.8. The minimum absolute atomic E-state index is 0.0485. The van der Waals surface area contributed by atoms with Crippen molar-refractivity contribution in [1.29, 1.82) is 0 Å². The van der Waals surface area contributed by atoms with E-state index in [2.05, 4.69) is 19.9 Å². The third-order valence-electron chi connectivity index (χ3n) is 1.76. The first-order valence-corrected chi connectivity index (χ1v) is 4.09. The molecular weight excluding hydrogens is 180 g/mol. The lowest BCUT2D eigenvalue weighted by molar-refractivity contribution is 0.101. The maximum absolute atomic E-state index is 11.0. The zero-order valence-electron chi connectivity index (χ0n) is 7.56. The van der Waals surface area contributed by atoms with Crippen LogP contribution in [0.15, 0.2) is 24.8 Å². The van der Waals surface area contributed by atoms with Crippen LogP contribution in [0.5, 0.6) is 0 Å². The smallest absolute Gasteiger partial charge is 0.177 e. The van der Waals surface area contributed by atoms with Crippen molar-refractivity contribution in [1.82, 2.24) is 19.9 Å². The predicted molar refractivity (Wildman–Crippen MR) is 49.6 cm³/mol. The molecule has 0 atom stereocenters. The van der Waals surface area contributed by atoms with Gasteiger partial charge in [0, 0.05) is 19.3 Å². The molecule has 0 saturated carbocycles. The number of aromatic nitrogens is 4. The Morgan fingerprint density at radius 1 is 1.29 bits per heavy atom. The second-order valence-corrected chi connectivity index (χ2v) is 2.79. The van der Waals surface area contributed by atoms with Crippen LogP contribution in [0.4, 0.5) is 0 Å². The van der Waals surface area contributed by atoms with E-state index in [1.807, 2.05) is 0 Å². The molecule has 0 aromatic carbocycles. The number of hydrogen-bond acceptors (Lipinski definition) is 4. The van der Waals surface area contributed by atoms with Gasteiger partial charge in [-0.3, -0.25) is 9.78 Å². The Labute approximate surface area is 80.2 Å². The predicted octanol–water partition coefficient (Wildman–Crippen LogP) is 1.07. The van der Waals surface area contributed by atoms with Crippen molar-refractivity contribution in [3.63, 3.8) is 0 Å². The number of nitrogens with one attached hydrogen (secondary N) is 1. The van der Waals surface area contributed by atoms with E-state index >= 15 is 0 Å². The average Bonchev–Trinajstić information content (AvgIpc) is 2.68. The van der Waals surface area contributed by atoms with Gasteiger partial charge in [0.1, 0.15) is 11.4 Å². The van der Waals surface area contributed by atoms with Gasteiger partial charge in [-0.05, 0) is 0 Å². The van der Waals surface area contributed by atoms with E-state index in [4.69, 9.17) is 0 Å². The zero-order valence-corrected chi connectivity index (χ0v) is 7.56. The summed E-state index contributed by atoms with van der Waals surface area (Å²) < 4.78 is 0. The molecular formula is C9H8N4O. The zero-order chi connectivity index (χ0) is 9.97. The molecule has 0 aliphatic rings. The molecule has 0 saturated heterocycles. The van der Waals surface area contributed by atoms with Crippen LogP contribution in [0, 0.1) is 0 Å². The van der Waals surface area contributed by atoms with Crippen LogP contribution < -0.4 is 0 Å². The molecule has 0 fully saturated rings. The summed E-state index contributed by atoms with van der Waals surface area (Å²) in [6.07, 6.45) is 6.23. The largest absolute Gasteiger partial charge is 0.334 e. The number of carbonyl (C=O) groups excluding carboxylic acids is 1. The molecule has 0 bridgehead atoms. The minimum Gasteiger partial charge on any atom is -0.334 e. The Balaban J connectivity index is 2.39. The fraction of sp³-hybridized carbons (Fsp3) is 0.111. The number of imidazole rings is 1. The second-order valence-electron chi connectivity index (χ2n) is 2.79. The highest BCUT2D eigenvalue weighted by Gasteiger charge is 2.06. The highest BCUT2D eigenvalue weighted by molar-refractivity contribution is 5.92. The topological polar surface area (TPSA) is 71.5 Å². The number of carbonyl (C=O) groups is 1. The van der Waals surface area contributed by atoms with Crippen LogP contribution in [0.2, 0.25) is 0 Å². The summed E-state index contributed by atoms with van der Waals surface area (Å²) >= 11 is 0. The third-order valence-corrected chi connectivity index (χ3v) is 1.76. The monoisotopic (exact) mass is 188 g/mol. The number of Topliss-reactive ketones (excluding diaryl/α,β-unsaturated/α-hetero) is 1. The first kappa shape index (κ1) is 8.55. The second kappa shape index (κ2) is 3.37. The minimum atomic E-state index is -0.0485. The maximum atomic E-state index is 11.0. The summed E-state index contributed by atoms with van der Waals surface area (Å²) in [5.74, 6) is 0.510. The first-order chi connectivity index (χ1) is 6.77. The summed E-state index contributed by atoms with van der Waals surface area (Å²) in [6.45, 7) is 1.48. The van der Waals surface area contributed by atoms with Crippen LogP contribution >= 0.6 is 0 Å². The molecule has 5 heteroatoms. The molecule has 1 N–H and O–H groups in total. The highest BCUT2D eigenvalue weighted by Crippen LogP contribution is 2.10. The van der Waals surface area contributed by atoms with Gasteiger partial charge in [-0.25, -0.2) is 9.97 Å². The SMILES string of the molecule is CC(=O)c1cnc(-c2cnccn2)[nH]1. The Morgan fingerprint density at radius 2 is 2.14 bits per heavy atom. The van der Waals surface area contributed by atoms with E-state index in [0.717, 1.165) is 0 Å². The fourth-order valence-electron chi connectivity index (χ4n) is 1.05. The molecule has 0 amide bonds. The van der Waals surface area contributed by atoms with E-state index in [1.54, 1.807) is 18.6 Å². The standard InChI is InChI=1S/C9H8N4O/c1-6(14)7-5-12-9(13-7)8-4-10-2-3-11-8/h2-5H,1H3,(H,12,13). The third kappa shape index (κ3) is 1.52. The van der Waals surface area contributed by atoms with Crippen molar-refractivity contribution >= 4 is 5.78 Å². The molecule has 14 heavy (non-hydrogen) atoms. The van der Waals surface area contributed by atoms with Crippen molar-refractivity contribution in [2.45, 2.75) is 6.92 Å². The van der Waals surface area contributed by atoms with Gasteiger partial charge >= 0.3 is 0 Å². The lowest BCUT2D eigenvalue weighted by Crippen LogP contribution is -1.92. The van der Waals surface area contributed by atoms with Crippen LogP contribution in [-0.2, 0) is 0 Å². The van der Waals surface area contributed by atoms with Crippen LogP contribution in [0.1, 0.15) is 17.4 Å². The van der Waals surface area contributed by atoms with Gasteiger partial charge < -0.3 is 4.98 Å². The van der Waals surface area contributed by atoms with Crippen molar-refractivity contribution in [3.05, 3.63) is 30.5 Å². The molecule has 2 aromatic heterocycles.